The molecule has 7 nitrogen and oxygen atoms in total. The van der Waals surface area contributed by atoms with E-state index in [1.165, 1.54) is 31.0 Å². The first-order valence-electron chi connectivity index (χ1n) is 8.17. The van der Waals surface area contributed by atoms with Crippen LogP contribution in [0.15, 0.2) is 27.8 Å². The smallest absolute Gasteiger partial charge is 0.174 e. The van der Waals surface area contributed by atoms with E-state index in [0.717, 1.165) is 26.2 Å². The molecular formula is C16H20ClFN6O. The van der Waals surface area contributed by atoms with Crippen molar-refractivity contribution >= 4 is 23.1 Å². The Morgan fingerprint density at radius 1 is 1.36 bits per heavy atom. The maximum Gasteiger partial charge on any atom is 0.174 e. The Labute approximate surface area is 150 Å². The van der Waals surface area contributed by atoms with Crippen LogP contribution in [0.25, 0.3) is 0 Å². The molecule has 3 N–H and O–H groups in total. The molecular weight excluding hydrogens is 347 g/mol. The van der Waals surface area contributed by atoms with Gasteiger partial charge in [0.1, 0.15) is 11.5 Å². The summed E-state index contributed by atoms with van der Waals surface area (Å²) in [5.41, 5.74) is 7.36. The van der Waals surface area contributed by atoms with E-state index in [2.05, 4.69) is 25.5 Å². The summed E-state index contributed by atoms with van der Waals surface area (Å²) in [4.78, 5) is 6.62. The Balaban J connectivity index is 1.59. The molecule has 0 unspecified atom stereocenters. The highest BCUT2D eigenvalue weighted by molar-refractivity contribution is 6.31. The van der Waals surface area contributed by atoms with E-state index in [1.807, 2.05) is 0 Å². The van der Waals surface area contributed by atoms with E-state index in [1.54, 1.807) is 0 Å². The minimum absolute atomic E-state index is 0.0175. The number of halogens is 2. The van der Waals surface area contributed by atoms with Crippen molar-refractivity contribution in [1.82, 2.24) is 20.5 Å². The maximum atomic E-state index is 13.2. The molecule has 9 heteroatoms. The lowest BCUT2D eigenvalue weighted by molar-refractivity contribution is 0.300. The Morgan fingerprint density at radius 2 is 2.16 bits per heavy atom. The summed E-state index contributed by atoms with van der Waals surface area (Å²) in [5.74, 6) is -0.370. The zero-order valence-electron chi connectivity index (χ0n) is 13.7. The summed E-state index contributed by atoms with van der Waals surface area (Å²) in [6.45, 7) is 4.65. The van der Waals surface area contributed by atoms with Crippen LogP contribution < -0.4 is 11.1 Å². The normalized spacial score (nSPS) is 15.8. The first-order valence-corrected chi connectivity index (χ1v) is 8.55. The highest BCUT2D eigenvalue weighted by Gasteiger charge is 2.15. The van der Waals surface area contributed by atoms with Gasteiger partial charge in [-0.25, -0.2) is 14.0 Å². The molecule has 2 aromatic rings. The van der Waals surface area contributed by atoms with Gasteiger partial charge in [0.2, 0.25) is 0 Å². The predicted octanol–water partition coefficient (Wildman–Crippen LogP) is 2.08. The zero-order valence-corrected chi connectivity index (χ0v) is 14.5. The van der Waals surface area contributed by atoms with Crippen molar-refractivity contribution in [3.63, 3.8) is 0 Å². The Kier molecular flexibility index (Phi) is 5.95. The zero-order chi connectivity index (χ0) is 17.6. The molecule has 1 aromatic carbocycles. The van der Waals surface area contributed by atoms with Crippen molar-refractivity contribution in [3.05, 3.63) is 40.4 Å². The van der Waals surface area contributed by atoms with Gasteiger partial charge in [0.05, 0.1) is 10.7 Å². The largest absolute Gasteiger partial charge is 0.382 e. The number of aliphatic imine (C=N–C) groups is 1. The number of aromatic nitrogens is 2. The molecule has 25 heavy (non-hydrogen) atoms. The van der Waals surface area contributed by atoms with Crippen molar-refractivity contribution in [3.8, 4) is 0 Å². The molecule has 1 aromatic heterocycles. The average molecular weight is 367 g/mol. The number of amidine groups is 1. The third-order valence-corrected chi connectivity index (χ3v) is 4.34. The fraction of sp³-hybridized carbons (Fsp3) is 0.438. The van der Waals surface area contributed by atoms with E-state index >= 15 is 0 Å². The number of likely N-dealkylation sites (tertiary alicyclic amines) is 1. The van der Waals surface area contributed by atoms with Gasteiger partial charge in [0.25, 0.3) is 0 Å². The van der Waals surface area contributed by atoms with Gasteiger partial charge < -0.3 is 16.0 Å². The number of nitrogens with one attached hydrogen (secondary N) is 1. The van der Waals surface area contributed by atoms with Crippen LogP contribution in [0.3, 0.4) is 0 Å². The lowest BCUT2D eigenvalue weighted by Gasteiger charge is -2.14. The second-order valence-corrected chi connectivity index (χ2v) is 6.29. The molecule has 3 rings (SSSR count). The molecule has 0 atom stereocenters. The standard InChI is InChI=1S/C16H20ClFN6O/c17-12-9-11(3-4-13(12)18)21-16(19)15-14(22-25-23-15)10-20-5-8-24-6-1-2-7-24/h3-4,9,20H,1-2,5-8,10H2,(H2,19,21). The average Bonchev–Trinajstić information content (AvgIpc) is 3.26. The van der Waals surface area contributed by atoms with E-state index in [-0.39, 0.29) is 10.9 Å². The second-order valence-electron chi connectivity index (χ2n) is 5.88. The van der Waals surface area contributed by atoms with Crippen LogP contribution in [0.1, 0.15) is 24.2 Å². The van der Waals surface area contributed by atoms with Gasteiger partial charge in [0.15, 0.2) is 11.5 Å². The second kappa shape index (κ2) is 8.37. The first-order chi connectivity index (χ1) is 12.1. The molecule has 0 bridgehead atoms. The number of benzene rings is 1. The van der Waals surface area contributed by atoms with Crippen molar-refractivity contribution in [2.45, 2.75) is 19.4 Å². The SMILES string of the molecule is NC(=Nc1ccc(F)c(Cl)c1)c1nonc1CNCCN1CCCC1. The Hall–Kier alpha value is -2.03. The van der Waals surface area contributed by atoms with Gasteiger partial charge in [-0.15, -0.1) is 0 Å². The maximum absolute atomic E-state index is 13.2. The molecule has 0 spiro atoms. The Bertz CT molecular complexity index is 744. The van der Waals surface area contributed by atoms with Gasteiger partial charge in [-0.3, -0.25) is 0 Å². The molecule has 134 valence electrons. The van der Waals surface area contributed by atoms with Gasteiger partial charge in [0, 0.05) is 19.6 Å². The van der Waals surface area contributed by atoms with Crippen LogP contribution in [0.2, 0.25) is 5.02 Å². The highest BCUT2D eigenvalue weighted by atomic mass is 35.5. The number of nitrogens with two attached hydrogens (primary N) is 1. The molecule has 1 aliphatic heterocycles. The van der Waals surface area contributed by atoms with Gasteiger partial charge >= 0.3 is 0 Å². The fourth-order valence-corrected chi connectivity index (χ4v) is 2.89. The molecule has 1 aliphatic rings. The molecule has 1 fully saturated rings. The number of rotatable bonds is 7. The summed E-state index contributed by atoms with van der Waals surface area (Å²) >= 11 is 5.75. The number of nitrogens with zero attached hydrogens (tertiary/aromatic N) is 4. The minimum Gasteiger partial charge on any atom is -0.382 e. The summed E-state index contributed by atoms with van der Waals surface area (Å²) in [7, 11) is 0. The third kappa shape index (κ3) is 4.75. The summed E-state index contributed by atoms with van der Waals surface area (Å²) in [6.07, 6.45) is 2.55. The highest BCUT2D eigenvalue weighted by Crippen LogP contribution is 2.22. The molecule has 0 saturated carbocycles. The van der Waals surface area contributed by atoms with Crippen LogP contribution in [0, 0.1) is 5.82 Å². The van der Waals surface area contributed by atoms with Crippen LogP contribution in [-0.4, -0.2) is 47.2 Å². The van der Waals surface area contributed by atoms with Crippen molar-refractivity contribution in [2.24, 2.45) is 10.7 Å². The van der Waals surface area contributed by atoms with Gasteiger partial charge in [-0.1, -0.05) is 16.8 Å². The lowest BCUT2D eigenvalue weighted by Crippen LogP contribution is -2.30. The van der Waals surface area contributed by atoms with E-state index in [4.69, 9.17) is 22.0 Å². The molecule has 2 heterocycles. The summed E-state index contributed by atoms with van der Waals surface area (Å²) in [5, 5.41) is 11.0. The van der Waals surface area contributed by atoms with Crippen LogP contribution in [0.5, 0.6) is 0 Å². The van der Waals surface area contributed by atoms with Crippen LogP contribution in [0.4, 0.5) is 10.1 Å². The fourth-order valence-electron chi connectivity index (χ4n) is 2.71. The summed E-state index contributed by atoms with van der Waals surface area (Å²) in [6, 6.07) is 4.11. The monoisotopic (exact) mass is 366 g/mol. The summed E-state index contributed by atoms with van der Waals surface area (Å²) < 4.78 is 18.0. The van der Waals surface area contributed by atoms with E-state index in [0.29, 0.717) is 23.6 Å². The van der Waals surface area contributed by atoms with Crippen molar-refractivity contribution < 1.29 is 9.02 Å². The minimum atomic E-state index is -0.509. The lowest BCUT2D eigenvalue weighted by atomic mass is 10.2. The van der Waals surface area contributed by atoms with Crippen molar-refractivity contribution in [2.75, 3.05) is 26.2 Å². The third-order valence-electron chi connectivity index (χ3n) is 4.05. The van der Waals surface area contributed by atoms with Gasteiger partial charge in [-0.2, -0.15) is 0 Å². The topological polar surface area (TPSA) is 92.6 Å². The molecule has 0 aliphatic carbocycles. The molecule has 0 amide bonds. The van der Waals surface area contributed by atoms with Crippen LogP contribution >= 0.6 is 11.6 Å². The number of hydrogen-bond acceptors (Lipinski definition) is 6. The molecule has 1 saturated heterocycles. The van der Waals surface area contributed by atoms with Gasteiger partial charge in [-0.05, 0) is 49.3 Å². The van der Waals surface area contributed by atoms with E-state index in [9.17, 15) is 4.39 Å². The quantitative estimate of drug-likeness (QED) is 0.443. The predicted molar refractivity (Wildman–Crippen MR) is 93.5 cm³/mol. The van der Waals surface area contributed by atoms with Crippen molar-refractivity contribution in [1.29, 1.82) is 0 Å². The van der Waals surface area contributed by atoms with Crippen LogP contribution in [-0.2, 0) is 6.54 Å². The molecule has 0 radical (unpaired) electrons. The Morgan fingerprint density at radius 3 is 2.92 bits per heavy atom. The van der Waals surface area contributed by atoms with E-state index < -0.39 is 5.82 Å². The first kappa shape index (κ1) is 17.8. The number of hydrogen-bond donors (Lipinski definition) is 2.